The molecule has 1 aliphatic heterocycles. The zero-order chi connectivity index (χ0) is 27.3. The van der Waals surface area contributed by atoms with E-state index < -0.39 is 0 Å². The molecule has 1 aliphatic carbocycles. The largest absolute Gasteiger partial charge is 0.391 e. The van der Waals surface area contributed by atoms with Crippen molar-refractivity contribution in [3.05, 3.63) is 84.1 Å². The number of rotatable bonds is 14. The molecule has 2 N–H and O–H groups in total. The lowest BCUT2D eigenvalue weighted by Gasteiger charge is -2.39. The van der Waals surface area contributed by atoms with Crippen molar-refractivity contribution in [2.75, 3.05) is 32.1 Å². The van der Waals surface area contributed by atoms with Gasteiger partial charge in [0.15, 0.2) is 0 Å². The second kappa shape index (κ2) is 11.7. The number of halogens is 1. The Labute approximate surface area is 231 Å². The van der Waals surface area contributed by atoms with Crippen LogP contribution in [0.15, 0.2) is 71.9 Å². The third-order valence-corrected chi connectivity index (χ3v) is 8.43. The van der Waals surface area contributed by atoms with E-state index in [4.69, 9.17) is 9.72 Å². The lowest BCUT2D eigenvalue weighted by molar-refractivity contribution is -0.142. The van der Waals surface area contributed by atoms with Gasteiger partial charge in [0.1, 0.15) is 11.6 Å². The first-order chi connectivity index (χ1) is 19.0. The number of aliphatic imine (C=N–C) groups is 1. The van der Waals surface area contributed by atoms with Crippen LogP contribution in [0.3, 0.4) is 0 Å². The van der Waals surface area contributed by atoms with Gasteiger partial charge in [0, 0.05) is 38.2 Å². The Kier molecular flexibility index (Phi) is 8.17. The summed E-state index contributed by atoms with van der Waals surface area (Å²) >= 11 is 0. The molecular weight excluding hydrogens is 489 g/mol. The van der Waals surface area contributed by atoms with Crippen LogP contribution in [0.1, 0.15) is 49.9 Å². The van der Waals surface area contributed by atoms with E-state index in [2.05, 4.69) is 52.0 Å². The summed E-state index contributed by atoms with van der Waals surface area (Å²) in [7, 11) is 1.94. The van der Waals surface area contributed by atoms with E-state index in [0.717, 1.165) is 63.1 Å². The fraction of sp³-hybridized carbons (Fsp3) is 0.438. The first kappa shape index (κ1) is 27.1. The molecule has 6 nitrogen and oxygen atoms in total. The van der Waals surface area contributed by atoms with E-state index in [1.807, 2.05) is 43.6 Å². The van der Waals surface area contributed by atoms with Gasteiger partial charge in [-0.1, -0.05) is 30.4 Å². The first-order valence-corrected chi connectivity index (χ1v) is 14.0. The highest BCUT2D eigenvalue weighted by molar-refractivity contribution is 5.80. The molecule has 1 aromatic heterocycles. The minimum absolute atomic E-state index is 0.129. The predicted octanol–water partition coefficient (Wildman–Crippen LogP) is 6.25. The van der Waals surface area contributed by atoms with Crippen molar-refractivity contribution in [1.29, 1.82) is 0 Å². The van der Waals surface area contributed by atoms with E-state index in [1.54, 1.807) is 6.07 Å². The summed E-state index contributed by atoms with van der Waals surface area (Å²) in [5, 5.41) is 6.69. The highest BCUT2D eigenvalue weighted by atomic mass is 19.1. The van der Waals surface area contributed by atoms with Crippen LogP contribution < -0.4 is 10.6 Å². The molecule has 5 rings (SSSR count). The standard InChI is InChI=1S/C32H40FN5O/c1-31(16-20-39-31)23-38-29-13-12-25(35-3)21-28(29)37-30(38)26-22-32(26,14-18-34-2)15-19-36-17-8-4-5-9-24-10-6-7-11-27(24)33/h4-8,10-13,17,21,26,35-36H,2,9,14-16,18-20,22-23H2,1,3H3/b5-4-,17-8+. The first-order valence-electron chi connectivity index (χ1n) is 14.0. The molecule has 3 atom stereocenters. The Morgan fingerprint density at radius 3 is 2.82 bits per heavy atom. The number of fused-ring (bicyclic) bond motifs is 1. The fourth-order valence-electron chi connectivity index (χ4n) is 5.80. The van der Waals surface area contributed by atoms with Crippen molar-refractivity contribution in [1.82, 2.24) is 14.9 Å². The number of anilines is 1. The molecule has 1 saturated heterocycles. The quantitative estimate of drug-likeness (QED) is 0.147. The number of imidazole rings is 1. The molecule has 0 bridgehead atoms. The lowest BCUT2D eigenvalue weighted by Crippen LogP contribution is -2.44. The van der Waals surface area contributed by atoms with Crippen molar-refractivity contribution in [3.8, 4) is 0 Å². The Bertz CT molecular complexity index is 1360. The van der Waals surface area contributed by atoms with Crippen LogP contribution in [0.25, 0.3) is 11.0 Å². The minimum atomic E-state index is -0.159. The molecule has 1 saturated carbocycles. The molecule has 206 valence electrons. The van der Waals surface area contributed by atoms with Gasteiger partial charge < -0.3 is 24.9 Å². The summed E-state index contributed by atoms with van der Waals surface area (Å²) in [5.41, 5.74) is 4.02. The average molecular weight is 530 g/mol. The zero-order valence-electron chi connectivity index (χ0n) is 23.1. The van der Waals surface area contributed by atoms with Crippen molar-refractivity contribution >= 4 is 23.4 Å². The van der Waals surface area contributed by atoms with Gasteiger partial charge in [-0.3, -0.25) is 0 Å². The van der Waals surface area contributed by atoms with Gasteiger partial charge in [-0.25, -0.2) is 9.37 Å². The van der Waals surface area contributed by atoms with Gasteiger partial charge in [-0.05, 0) is 86.8 Å². The maximum absolute atomic E-state index is 13.8. The van der Waals surface area contributed by atoms with E-state index in [-0.39, 0.29) is 16.8 Å². The number of nitrogens with zero attached hydrogens (tertiary/aromatic N) is 3. The molecule has 2 aromatic carbocycles. The van der Waals surface area contributed by atoms with Gasteiger partial charge in [-0.15, -0.1) is 0 Å². The van der Waals surface area contributed by atoms with Crippen LogP contribution in [0.4, 0.5) is 10.1 Å². The molecule has 3 aromatic rings. The Morgan fingerprint density at radius 2 is 2.08 bits per heavy atom. The molecule has 2 fully saturated rings. The Hall–Kier alpha value is -3.45. The number of hydrogen-bond donors (Lipinski definition) is 2. The van der Waals surface area contributed by atoms with Crippen molar-refractivity contribution in [2.45, 2.75) is 57.1 Å². The maximum Gasteiger partial charge on any atom is 0.126 e. The topological polar surface area (TPSA) is 63.5 Å². The third kappa shape index (κ3) is 6.09. The van der Waals surface area contributed by atoms with Crippen molar-refractivity contribution < 1.29 is 9.13 Å². The third-order valence-electron chi connectivity index (χ3n) is 8.43. The van der Waals surface area contributed by atoms with E-state index in [9.17, 15) is 4.39 Å². The molecule has 39 heavy (non-hydrogen) atoms. The Balaban J connectivity index is 1.25. The molecule has 3 unspecified atom stereocenters. The second-order valence-electron chi connectivity index (χ2n) is 11.2. The molecule has 2 heterocycles. The number of hydrogen-bond acceptors (Lipinski definition) is 5. The summed E-state index contributed by atoms with van der Waals surface area (Å²) in [6.45, 7) is 9.23. The van der Waals surface area contributed by atoms with Gasteiger partial charge in [0.05, 0.1) is 29.8 Å². The van der Waals surface area contributed by atoms with Crippen LogP contribution in [-0.4, -0.2) is 48.6 Å². The minimum Gasteiger partial charge on any atom is -0.391 e. The van der Waals surface area contributed by atoms with E-state index >= 15 is 0 Å². The maximum atomic E-state index is 13.8. The molecular formula is C32H40FN5O. The SMILES string of the molecule is C=NCCC1(CCN/C=C/C=C\Cc2ccccc2F)CC1c1nc2cc(NC)ccc2n1CC1(C)CCO1. The van der Waals surface area contributed by atoms with Crippen LogP contribution >= 0.6 is 0 Å². The van der Waals surface area contributed by atoms with Gasteiger partial charge in [0.25, 0.3) is 0 Å². The Morgan fingerprint density at radius 1 is 1.23 bits per heavy atom. The monoisotopic (exact) mass is 529 g/mol. The number of benzene rings is 2. The second-order valence-corrected chi connectivity index (χ2v) is 11.2. The smallest absolute Gasteiger partial charge is 0.126 e. The van der Waals surface area contributed by atoms with Crippen molar-refractivity contribution in [3.63, 3.8) is 0 Å². The van der Waals surface area contributed by atoms with Crippen molar-refractivity contribution in [2.24, 2.45) is 10.4 Å². The fourth-order valence-corrected chi connectivity index (χ4v) is 5.80. The predicted molar refractivity (Wildman–Crippen MR) is 158 cm³/mol. The van der Waals surface area contributed by atoms with E-state index in [1.165, 1.54) is 17.4 Å². The van der Waals surface area contributed by atoms with Gasteiger partial charge in [0.2, 0.25) is 0 Å². The van der Waals surface area contributed by atoms with Gasteiger partial charge >= 0.3 is 0 Å². The molecule has 0 spiro atoms. The van der Waals surface area contributed by atoms with Crippen LogP contribution in [0.5, 0.6) is 0 Å². The molecule has 0 radical (unpaired) electrons. The average Bonchev–Trinajstić information content (AvgIpc) is 3.53. The summed E-state index contributed by atoms with van der Waals surface area (Å²) in [5.74, 6) is 1.40. The highest BCUT2D eigenvalue weighted by Crippen LogP contribution is 2.63. The summed E-state index contributed by atoms with van der Waals surface area (Å²) in [6.07, 6.45) is 12.7. The summed E-state index contributed by atoms with van der Waals surface area (Å²) in [6, 6.07) is 13.3. The normalized spacial score (nSPS) is 24.3. The highest BCUT2D eigenvalue weighted by Gasteiger charge is 2.56. The van der Waals surface area contributed by atoms with Gasteiger partial charge in [-0.2, -0.15) is 0 Å². The van der Waals surface area contributed by atoms with Crippen LogP contribution in [-0.2, 0) is 17.7 Å². The molecule has 0 amide bonds. The summed E-state index contributed by atoms with van der Waals surface area (Å²) < 4.78 is 22.2. The molecule has 2 aliphatic rings. The number of nitrogens with one attached hydrogen (secondary N) is 2. The van der Waals surface area contributed by atoms with Crippen LogP contribution in [0.2, 0.25) is 0 Å². The zero-order valence-corrected chi connectivity index (χ0v) is 23.1. The number of allylic oxidation sites excluding steroid dienone is 3. The summed E-state index contributed by atoms with van der Waals surface area (Å²) in [4.78, 5) is 9.38. The van der Waals surface area contributed by atoms with E-state index in [0.29, 0.717) is 17.9 Å². The molecule has 7 heteroatoms. The van der Waals surface area contributed by atoms with Crippen LogP contribution in [0, 0.1) is 11.2 Å². The number of aromatic nitrogens is 2. The lowest BCUT2D eigenvalue weighted by atomic mass is 9.94. The number of ether oxygens (including phenoxy) is 1.